The molecule has 0 bridgehead atoms. The van der Waals surface area contributed by atoms with Crippen LogP contribution in [0.15, 0.2) is 30.3 Å². The summed E-state index contributed by atoms with van der Waals surface area (Å²) in [6.07, 6.45) is 3.37. The number of hydrogen-bond donors (Lipinski definition) is 1. The van der Waals surface area contributed by atoms with E-state index in [0.717, 1.165) is 13.0 Å². The molecular weight excluding hydrogens is 210 g/mol. The third-order valence-corrected chi connectivity index (χ3v) is 4.17. The molecule has 0 aromatic heterocycles. The minimum Gasteiger partial charge on any atom is -0.396 e. The molecule has 1 saturated heterocycles. The molecule has 1 unspecified atom stereocenters. The van der Waals surface area contributed by atoms with E-state index < -0.39 is 0 Å². The van der Waals surface area contributed by atoms with E-state index in [1.807, 2.05) is 0 Å². The second-order valence-corrected chi connectivity index (χ2v) is 5.49. The Morgan fingerprint density at radius 3 is 2.65 bits per heavy atom. The van der Waals surface area contributed by atoms with E-state index in [9.17, 15) is 5.11 Å². The summed E-state index contributed by atoms with van der Waals surface area (Å²) in [5.41, 5.74) is 1.45. The van der Waals surface area contributed by atoms with E-state index in [1.165, 1.54) is 18.5 Å². The molecule has 1 atom stereocenters. The lowest BCUT2D eigenvalue weighted by Crippen LogP contribution is -2.53. The molecule has 2 rings (SSSR count). The molecule has 1 aliphatic heterocycles. The van der Waals surface area contributed by atoms with E-state index in [2.05, 4.69) is 49.1 Å². The molecule has 0 aliphatic carbocycles. The van der Waals surface area contributed by atoms with Gasteiger partial charge in [0.15, 0.2) is 0 Å². The fraction of sp³-hybridized carbons (Fsp3) is 0.600. The van der Waals surface area contributed by atoms with Gasteiger partial charge in [0.2, 0.25) is 0 Å². The largest absolute Gasteiger partial charge is 0.396 e. The minimum atomic E-state index is 0.141. The number of aliphatic hydroxyl groups is 1. The fourth-order valence-corrected chi connectivity index (χ4v) is 3.08. The summed E-state index contributed by atoms with van der Waals surface area (Å²) >= 11 is 0. The summed E-state index contributed by atoms with van der Waals surface area (Å²) in [6, 6.07) is 10.6. The van der Waals surface area contributed by atoms with Gasteiger partial charge in [0, 0.05) is 24.4 Å². The first-order valence-electron chi connectivity index (χ1n) is 6.60. The van der Waals surface area contributed by atoms with Gasteiger partial charge in [-0.15, -0.1) is 0 Å². The maximum atomic E-state index is 9.19. The Morgan fingerprint density at radius 1 is 1.29 bits per heavy atom. The monoisotopic (exact) mass is 233 g/mol. The Hall–Kier alpha value is -1.02. The van der Waals surface area contributed by atoms with Crippen LogP contribution < -0.4 is 4.90 Å². The topological polar surface area (TPSA) is 23.5 Å². The molecule has 0 radical (unpaired) electrons. The van der Waals surface area contributed by atoms with Crippen LogP contribution in [0.3, 0.4) is 0 Å². The first kappa shape index (κ1) is 12.4. The Balaban J connectivity index is 2.22. The maximum absolute atomic E-state index is 9.19. The third kappa shape index (κ3) is 2.47. The number of hydrogen-bond acceptors (Lipinski definition) is 2. The number of piperidine rings is 1. The second-order valence-electron chi connectivity index (χ2n) is 5.49. The number of anilines is 1. The molecule has 0 amide bonds. The molecule has 0 saturated carbocycles. The Morgan fingerprint density at radius 2 is 2.00 bits per heavy atom. The van der Waals surface area contributed by atoms with Crippen LogP contribution in [0.1, 0.15) is 33.1 Å². The minimum absolute atomic E-state index is 0.141. The van der Waals surface area contributed by atoms with Crippen LogP contribution in [0.5, 0.6) is 0 Å². The van der Waals surface area contributed by atoms with Crippen LogP contribution in [0, 0.1) is 5.92 Å². The summed E-state index contributed by atoms with van der Waals surface area (Å²) in [6.45, 7) is 6.04. The predicted octanol–water partition coefficient (Wildman–Crippen LogP) is 3.06. The Labute approximate surface area is 104 Å². The Kier molecular flexibility index (Phi) is 3.72. The summed E-state index contributed by atoms with van der Waals surface area (Å²) in [4.78, 5) is 2.50. The molecule has 1 aromatic carbocycles. The van der Waals surface area contributed by atoms with Crippen molar-refractivity contribution in [3.05, 3.63) is 30.3 Å². The van der Waals surface area contributed by atoms with E-state index in [0.29, 0.717) is 12.5 Å². The van der Waals surface area contributed by atoms with Crippen LogP contribution in [0.25, 0.3) is 0 Å². The van der Waals surface area contributed by atoms with E-state index >= 15 is 0 Å². The lowest BCUT2D eigenvalue weighted by molar-refractivity contribution is 0.176. The highest BCUT2D eigenvalue weighted by molar-refractivity contribution is 5.49. The van der Waals surface area contributed by atoms with Crippen molar-refractivity contribution in [2.45, 2.75) is 38.6 Å². The zero-order chi connectivity index (χ0) is 12.3. The molecular formula is C15H23NO. The standard InChI is InChI=1S/C15H23NO/c1-15(2)13(10-12-17)7-6-11-16(15)14-8-4-3-5-9-14/h3-5,8-9,13,17H,6-7,10-12H2,1-2H3. The molecule has 1 N–H and O–H groups in total. The van der Waals surface area contributed by atoms with Crippen molar-refractivity contribution in [2.24, 2.45) is 5.92 Å². The van der Waals surface area contributed by atoms with Crippen molar-refractivity contribution in [1.82, 2.24) is 0 Å². The molecule has 2 heteroatoms. The van der Waals surface area contributed by atoms with Gasteiger partial charge in [-0.25, -0.2) is 0 Å². The van der Waals surface area contributed by atoms with Gasteiger partial charge in [-0.1, -0.05) is 18.2 Å². The zero-order valence-corrected chi connectivity index (χ0v) is 10.9. The van der Waals surface area contributed by atoms with Crippen LogP contribution in [0.2, 0.25) is 0 Å². The average Bonchev–Trinajstić information content (AvgIpc) is 2.33. The summed E-state index contributed by atoms with van der Waals surface area (Å²) < 4.78 is 0. The number of aliphatic hydroxyl groups excluding tert-OH is 1. The quantitative estimate of drug-likeness (QED) is 0.867. The first-order valence-corrected chi connectivity index (χ1v) is 6.60. The predicted molar refractivity (Wildman–Crippen MR) is 72.3 cm³/mol. The normalized spacial score (nSPS) is 23.7. The van der Waals surface area contributed by atoms with Gasteiger partial charge in [-0.3, -0.25) is 0 Å². The van der Waals surface area contributed by atoms with Crippen molar-refractivity contribution in [3.8, 4) is 0 Å². The average molecular weight is 233 g/mol. The summed E-state index contributed by atoms with van der Waals surface area (Å²) in [7, 11) is 0. The maximum Gasteiger partial charge on any atom is 0.0434 e. The first-order chi connectivity index (χ1) is 8.16. The SMILES string of the molecule is CC1(C)C(CCO)CCCN1c1ccccc1. The van der Waals surface area contributed by atoms with Crippen LogP contribution in [-0.2, 0) is 0 Å². The summed E-state index contributed by atoms with van der Waals surface area (Å²) in [5.74, 6) is 0.585. The van der Waals surface area contributed by atoms with E-state index in [-0.39, 0.29) is 5.54 Å². The summed E-state index contributed by atoms with van der Waals surface area (Å²) in [5, 5.41) is 9.19. The van der Waals surface area contributed by atoms with Crippen LogP contribution in [0.4, 0.5) is 5.69 Å². The number of nitrogens with zero attached hydrogens (tertiary/aromatic N) is 1. The Bertz CT molecular complexity index is 345. The van der Waals surface area contributed by atoms with Gasteiger partial charge in [0.05, 0.1) is 0 Å². The van der Waals surface area contributed by atoms with Crippen LogP contribution in [-0.4, -0.2) is 23.8 Å². The van der Waals surface area contributed by atoms with E-state index in [4.69, 9.17) is 0 Å². The molecule has 1 heterocycles. The fourth-order valence-electron chi connectivity index (χ4n) is 3.08. The molecule has 1 aromatic rings. The number of benzene rings is 1. The number of rotatable bonds is 3. The zero-order valence-electron chi connectivity index (χ0n) is 10.9. The van der Waals surface area contributed by atoms with Crippen molar-refractivity contribution < 1.29 is 5.11 Å². The van der Waals surface area contributed by atoms with Crippen molar-refractivity contribution in [3.63, 3.8) is 0 Å². The van der Waals surface area contributed by atoms with Crippen molar-refractivity contribution in [1.29, 1.82) is 0 Å². The lowest BCUT2D eigenvalue weighted by atomic mass is 9.77. The highest BCUT2D eigenvalue weighted by Crippen LogP contribution is 2.38. The van der Waals surface area contributed by atoms with Crippen molar-refractivity contribution in [2.75, 3.05) is 18.1 Å². The highest BCUT2D eigenvalue weighted by Gasteiger charge is 2.37. The van der Waals surface area contributed by atoms with Gasteiger partial charge >= 0.3 is 0 Å². The molecule has 2 nitrogen and oxygen atoms in total. The highest BCUT2D eigenvalue weighted by atomic mass is 16.3. The molecule has 1 fully saturated rings. The molecule has 94 valence electrons. The number of para-hydroxylation sites is 1. The van der Waals surface area contributed by atoms with Crippen LogP contribution >= 0.6 is 0 Å². The smallest absolute Gasteiger partial charge is 0.0434 e. The van der Waals surface area contributed by atoms with Gasteiger partial charge in [0.25, 0.3) is 0 Å². The van der Waals surface area contributed by atoms with Gasteiger partial charge < -0.3 is 10.0 Å². The van der Waals surface area contributed by atoms with Crippen molar-refractivity contribution >= 4 is 5.69 Å². The second kappa shape index (κ2) is 5.09. The third-order valence-electron chi connectivity index (χ3n) is 4.17. The lowest BCUT2D eigenvalue weighted by Gasteiger charge is -2.49. The molecule has 1 aliphatic rings. The van der Waals surface area contributed by atoms with Gasteiger partial charge in [-0.05, 0) is 51.2 Å². The van der Waals surface area contributed by atoms with Gasteiger partial charge in [0.1, 0.15) is 0 Å². The van der Waals surface area contributed by atoms with Gasteiger partial charge in [-0.2, -0.15) is 0 Å². The molecule has 17 heavy (non-hydrogen) atoms. The molecule has 0 spiro atoms. The van der Waals surface area contributed by atoms with E-state index in [1.54, 1.807) is 0 Å².